The Hall–Kier alpha value is -2.66. The van der Waals surface area contributed by atoms with Crippen molar-refractivity contribution in [1.82, 2.24) is 10.2 Å². The molecular weight excluding hydrogens is 304 g/mol. The second-order valence-corrected chi connectivity index (χ2v) is 5.84. The highest BCUT2D eigenvalue weighted by molar-refractivity contribution is 5.91. The first-order valence-electron chi connectivity index (χ1n) is 8.02. The third-order valence-electron chi connectivity index (χ3n) is 4.32. The van der Waals surface area contributed by atoms with Crippen LogP contribution in [-0.4, -0.2) is 47.6 Å². The molecule has 1 heterocycles. The molecule has 0 aliphatic carbocycles. The zero-order chi connectivity index (χ0) is 16.9. The summed E-state index contributed by atoms with van der Waals surface area (Å²) in [6, 6.07) is 18.2. The summed E-state index contributed by atoms with van der Waals surface area (Å²) < 4.78 is 0. The van der Waals surface area contributed by atoms with Crippen LogP contribution in [-0.2, 0) is 9.59 Å². The average molecular weight is 324 g/mol. The van der Waals surface area contributed by atoms with Gasteiger partial charge in [0.1, 0.15) is 6.04 Å². The number of hydrogen-bond acceptors (Lipinski definition) is 3. The molecule has 3 rings (SSSR count). The van der Waals surface area contributed by atoms with Crippen LogP contribution in [0.25, 0.3) is 0 Å². The first-order chi connectivity index (χ1) is 11.7. The standard InChI is InChI=1S/C19H20N2O3/c22-18(21-12-11-20-13-16(21)19(23)24)17(14-7-3-1-4-8-14)15-9-5-2-6-10-15/h1-10,16-17,20H,11-13H2,(H,23,24). The van der Waals surface area contributed by atoms with E-state index in [9.17, 15) is 14.7 Å². The number of nitrogens with one attached hydrogen (secondary N) is 1. The Labute approximate surface area is 140 Å². The fourth-order valence-corrected chi connectivity index (χ4v) is 3.12. The number of aliphatic carboxylic acids is 1. The summed E-state index contributed by atoms with van der Waals surface area (Å²) in [7, 11) is 0. The van der Waals surface area contributed by atoms with Gasteiger partial charge in [0.15, 0.2) is 0 Å². The number of carboxylic acid groups (broad SMARTS) is 1. The molecule has 2 aromatic carbocycles. The summed E-state index contributed by atoms with van der Waals surface area (Å²) >= 11 is 0. The van der Waals surface area contributed by atoms with Gasteiger partial charge in [-0.15, -0.1) is 0 Å². The largest absolute Gasteiger partial charge is 0.480 e. The van der Waals surface area contributed by atoms with Crippen molar-refractivity contribution >= 4 is 11.9 Å². The first kappa shape index (κ1) is 16.2. The smallest absolute Gasteiger partial charge is 0.327 e. The van der Waals surface area contributed by atoms with Gasteiger partial charge in [-0.05, 0) is 11.1 Å². The molecule has 24 heavy (non-hydrogen) atoms. The van der Waals surface area contributed by atoms with E-state index >= 15 is 0 Å². The lowest BCUT2D eigenvalue weighted by atomic mass is 9.89. The molecule has 1 amide bonds. The molecule has 0 aromatic heterocycles. The molecule has 5 nitrogen and oxygen atoms in total. The highest BCUT2D eigenvalue weighted by atomic mass is 16.4. The summed E-state index contributed by atoms with van der Waals surface area (Å²) in [4.78, 5) is 26.3. The van der Waals surface area contributed by atoms with E-state index in [0.717, 1.165) is 11.1 Å². The van der Waals surface area contributed by atoms with Crippen molar-refractivity contribution in [2.45, 2.75) is 12.0 Å². The van der Waals surface area contributed by atoms with Crippen molar-refractivity contribution in [3.8, 4) is 0 Å². The van der Waals surface area contributed by atoms with Crippen molar-refractivity contribution < 1.29 is 14.7 Å². The zero-order valence-corrected chi connectivity index (χ0v) is 13.3. The highest BCUT2D eigenvalue weighted by Gasteiger charge is 2.36. The lowest BCUT2D eigenvalue weighted by Crippen LogP contribution is -2.58. The van der Waals surface area contributed by atoms with Gasteiger partial charge in [-0.1, -0.05) is 60.7 Å². The summed E-state index contributed by atoms with van der Waals surface area (Å²) in [6.45, 7) is 1.27. The molecule has 2 N–H and O–H groups in total. The Morgan fingerprint density at radius 3 is 2.04 bits per heavy atom. The molecule has 124 valence electrons. The molecule has 1 unspecified atom stereocenters. The third kappa shape index (κ3) is 3.31. The zero-order valence-electron chi connectivity index (χ0n) is 13.3. The van der Waals surface area contributed by atoms with E-state index in [1.54, 1.807) is 0 Å². The van der Waals surface area contributed by atoms with E-state index in [0.29, 0.717) is 13.1 Å². The minimum atomic E-state index is -0.976. The van der Waals surface area contributed by atoms with Crippen LogP contribution in [0.4, 0.5) is 0 Å². The Bertz CT molecular complexity index is 664. The SMILES string of the molecule is O=C(O)C1CNCCN1C(=O)C(c1ccccc1)c1ccccc1. The Balaban J connectivity index is 1.99. The minimum absolute atomic E-state index is 0.165. The first-order valence-corrected chi connectivity index (χ1v) is 8.02. The van der Waals surface area contributed by atoms with Crippen LogP contribution in [0.5, 0.6) is 0 Å². The van der Waals surface area contributed by atoms with Gasteiger partial charge in [-0.2, -0.15) is 0 Å². The molecule has 1 aliphatic rings. The van der Waals surface area contributed by atoms with Crippen LogP contribution < -0.4 is 5.32 Å². The highest BCUT2D eigenvalue weighted by Crippen LogP contribution is 2.28. The maximum absolute atomic E-state index is 13.2. The average Bonchev–Trinajstić information content (AvgIpc) is 2.63. The Kier molecular flexibility index (Phi) is 4.91. The van der Waals surface area contributed by atoms with E-state index in [-0.39, 0.29) is 12.5 Å². The van der Waals surface area contributed by atoms with Gasteiger partial charge >= 0.3 is 5.97 Å². The molecule has 5 heteroatoms. The van der Waals surface area contributed by atoms with E-state index in [2.05, 4.69) is 5.32 Å². The second kappa shape index (κ2) is 7.27. The van der Waals surface area contributed by atoms with E-state index in [1.807, 2.05) is 60.7 Å². The molecule has 0 radical (unpaired) electrons. The fourth-order valence-electron chi connectivity index (χ4n) is 3.12. The number of piperazine rings is 1. The number of carboxylic acids is 1. The molecule has 0 bridgehead atoms. The molecule has 1 fully saturated rings. The van der Waals surface area contributed by atoms with Gasteiger partial charge in [0.05, 0.1) is 5.92 Å². The molecule has 0 saturated carbocycles. The van der Waals surface area contributed by atoms with Crippen molar-refractivity contribution in [2.75, 3.05) is 19.6 Å². The topological polar surface area (TPSA) is 69.6 Å². The van der Waals surface area contributed by atoms with Crippen molar-refractivity contribution in [3.05, 3.63) is 71.8 Å². The number of hydrogen-bond donors (Lipinski definition) is 2. The maximum Gasteiger partial charge on any atom is 0.327 e. The van der Waals surface area contributed by atoms with Gasteiger partial charge in [0, 0.05) is 19.6 Å². The number of benzene rings is 2. The number of nitrogens with zero attached hydrogens (tertiary/aromatic N) is 1. The number of carbonyl (C=O) groups excluding carboxylic acids is 1. The van der Waals surface area contributed by atoms with Crippen LogP contribution in [0.2, 0.25) is 0 Å². The van der Waals surface area contributed by atoms with Crippen molar-refractivity contribution in [2.24, 2.45) is 0 Å². The molecule has 1 aliphatic heterocycles. The second-order valence-electron chi connectivity index (χ2n) is 5.84. The van der Waals surface area contributed by atoms with Crippen LogP contribution in [0.15, 0.2) is 60.7 Å². The molecule has 1 saturated heterocycles. The van der Waals surface area contributed by atoms with Gasteiger partial charge in [0.2, 0.25) is 5.91 Å². The van der Waals surface area contributed by atoms with Crippen LogP contribution in [0.1, 0.15) is 17.0 Å². The third-order valence-corrected chi connectivity index (χ3v) is 4.32. The molecule has 0 spiro atoms. The van der Waals surface area contributed by atoms with Gasteiger partial charge in [-0.25, -0.2) is 4.79 Å². The lowest BCUT2D eigenvalue weighted by molar-refractivity contribution is -0.151. The summed E-state index contributed by atoms with van der Waals surface area (Å²) in [5, 5.41) is 12.5. The van der Waals surface area contributed by atoms with Gasteiger partial charge < -0.3 is 15.3 Å². The maximum atomic E-state index is 13.2. The summed E-state index contributed by atoms with van der Waals surface area (Å²) in [5.41, 5.74) is 1.74. The Morgan fingerprint density at radius 2 is 1.54 bits per heavy atom. The van der Waals surface area contributed by atoms with Crippen LogP contribution in [0, 0.1) is 0 Å². The quantitative estimate of drug-likeness (QED) is 0.898. The normalized spacial score (nSPS) is 17.7. The minimum Gasteiger partial charge on any atom is -0.480 e. The summed E-state index contributed by atoms with van der Waals surface area (Å²) in [5.74, 6) is -1.64. The number of carbonyl (C=O) groups is 2. The van der Waals surface area contributed by atoms with Crippen molar-refractivity contribution in [1.29, 1.82) is 0 Å². The van der Waals surface area contributed by atoms with Gasteiger partial charge in [0.25, 0.3) is 0 Å². The van der Waals surface area contributed by atoms with E-state index in [1.165, 1.54) is 4.90 Å². The lowest BCUT2D eigenvalue weighted by Gasteiger charge is -2.36. The van der Waals surface area contributed by atoms with Crippen LogP contribution in [0.3, 0.4) is 0 Å². The van der Waals surface area contributed by atoms with E-state index < -0.39 is 17.9 Å². The van der Waals surface area contributed by atoms with Crippen molar-refractivity contribution in [3.63, 3.8) is 0 Å². The van der Waals surface area contributed by atoms with Crippen LogP contribution >= 0.6 is 0 Å². The Morgan fingerprint density at radius 1 is 1.00 bits per heavy atom. The van der Waals surface area contributed by atoms with E-state index in [4.69, 9.17) is 0 Å². The fraction of sp³-hybridized carbons (Fsp3) is 0.263. The number of amides is 1. The summed E-state index contributed by atoms with van der Waals surface area (Å²) in [6.07, 6.45) is 0. The monoisotopic (exact) mass is 324 g/mol. The predicted molar refractivity (Wildman–Crippen MR) is 90.7 cm³/mol. The molecule has 1 atom stereocenters. The number of rotatable bonds is 4. The van der Waals surface area contributed by atoms with Gasteiger partial charge in [-0.3, -0.25) is 4.79 Å². The predicted octanol–water partition coefficient (Wildman–Crippen LogP) is 1.70. The molecule has 2 aromatic rings. The molecular formula is C19H20N2O3.